The van der Waals surface area contributed by atoms with Gasteiger partial charge in [0.2, 0.25) is 5.91 Å². The lowest BCUT2D eigenvalue weighted by Gasteiger charge is -2.14. The third kappa shape index (κ3) is 4.69. The fourth-order valence-corrected chi connectivity index (χ4v) is 3.65. The standard InChI is InChI=1S/C25H25N5O/c1-16-5-3-12-28-24(16)18-7-9-22-21(13-18)14-19(25(26)30-22)8-10-23(31)29-17(2)20-6-4-11-27-15-20/h3-7,9,11-15,17H,8,10H2,1-2H3,(H2,26,30)(H,29,31). The highest BCUT2D eigenvalue weighted by Gasteiger charge is 2.12. The van der Waals surface area contributed by atoms with E-state index in [0.717, 1.165) is 38.9 Å². The molecule has 1 unspecified atom stereocenters. The summed E-state index contributed by atoms with van der Waals surface area (Å²) in [6.07, 6.45) is 6.13. The summed E-state index contributed by atoms with van der Waals surface area (Å²) in [6.45, 7) is 3.99. The average Bonchev–Trinajstić information content (AvgIpc) is 2.78. The number of amides is 1. The second kappa shape index (κ2) is 8.92. The molecule has 6 nitrogen and oxygen atoms in total. The van der Waals surface area contributed by atoms with Crippen LogP contribution < -0.4 is 11.1 Å². The molecular weight excluding hydrogens is 386 g/mol. The number of hydrogen-bond acceptors (Lipinski definition) is 5. The Kier molecular flexibility index (Phi) is 5.89. The smallest absolute Gasteiger partial charge is 0.220 e. The van der Waals surface area contributed by atoms with Crippen molar-refractivity contribution < 1.29 is 4.79 Å². The number of carbonyl (C=O) groups is 1. The van der Waals surface area contributed by atoms with Crippen LogP contribution in [0.3, 0.4) is 0 Å². The van der Waals surface area contributed by atoms with E-state index in [1.807, 2.05) is 56.3 Å². The number of carbonyl (C=O) groups excluding carboxylic acids is 1. The van der Waals surface area contributed by atoms with Crippen molar-refractivity contribution in [2.45, 2.75) is 32.7 Å². The van der Waals surface area contributed by atoms with E-state index in [2.05, 4.69) is 26.3 Å². The molecule has 0 radical (unpaired) electrons. The van der Waals surface area contributed by atoms with Crippen LogP contribution in [0.4, 0.5) is 5.82 Å². The molecule has 31 heavy (non-hydrogen) atoms. The quantitative estimate of drug-likeness (QED) is 0.491. The number of nitrogens with two attached hydrogens (primary N) is 1. The maximum absolute atomic E-state index is 12.5. The molecule has 3 aromatic heterocycles. The zero-order valence-electron chi connectivity index (χ0n) is 17.7. The van der Waals surface area contributed by atoms with Gasteiger partial charge < -0.3 is 11.1 Å². The van der Waals surface area contributed by atoms with E-state index in [4.69, 9.17) is 5.73 Å². The molecular formula is C25H25N5O. The monoisotopic (exact) mass is 411 g/mol. The third-order valence-corrected chi connectivity index (χ3v) is 5.39. The minimum Gasteiger partial charge on any atom is -0.383 e. The van der Waals surface area contributed by atoms with Crippen LogP contribution in [-0.2, 0) is 11.2 Å². The summed E-state index contributed by atoms with van der Waals surface area (Å²) in [5.41, 5.74) is 11.9. The molecule has 4 rings (SSSR count). The number of nitrogens with one attached hydrogen (secondary N) is 1. The van der Waals surface area contributed by atoms with Crippen LogP contribution in [0.25, 0.3) is 22.2 Å². The van der Waals surface area contributed by atoms with Gasteiger partial charge in [-0.3, -0.25) is 14.8 Å². The fraction of sp³-hybridized carbons (Fsp3) is 0.200. The van der Waals surface area contributed by atoms with Crippen molar-refractivity contribution in [3.05, 3.63) is 83.8 Å². The number of anilines is 1. The number of pyridine rings is 3. The molecule has 0 saturated heterocycles. The molecule has 6 heteroatoms. The van der Waals surface area contributed by atoms with Gasteiger partial charge in [0.15, 0.2) is 0 Å². The molecule has 0 aliphatic rings. The van der Waals surface area contributed by atoms with Crippen LogP contribution >= 0.6 is 0 Å². The van der Waals surface area contributed by atoms with Crippen molar-refractivity contribution >= 4 is 22.6 Å². The lowest BCUT2D eigenvalue weighted by Crippen LogP contribution is -2.27. The van der Waals surface area contributed by atoms with E-state index in [1.165, 1.54) is 0 Å². The third-order valence-electron chi connectivity index (χ3n) is 5.39. The van der Waals surface area contributed by atoms with Crippen molar-refractivity contribution in [3.63, 3.8) is 0 Å². The highest BCUT2D eigenvalue weighted by atomic mass is 16.1. The molecule has 0 spiro atoms. The van der Waals surface area contributed by atoms with Gasteiger partial charge in [0.25, 0.3) is 0 Å². The Morgan fingerprint density at radius 1 is 1.13 bits per heavy atom. The van der Waals surface area contributed by atoms with Crippen molar-refractivity contribution in [1.82, 2.24) is 20.3 Å². The highest BCUT2D eigenvalue weighted by Crippen LogP contribution is 2.27. The Bertz CT molecular complexity index is 1220. The van der Waals surface area contributed by atoms with Crippen LogP contribution in [0, 0.1) is 6.92 Å². The summed E-state index contributed by atoms with van der Waals surface area (Å²) in [7, 11) is 0. The van der Waals surface area contributed by atoms with Gasteiger partial charge in [0.1, 0.15) is 5.82 Å². The Balaban J connectivity index is 1.50. The Morgan fingerprint density at radius 3 is 2.74 bits per heavy atom. The van der Waals surface area contributed by atoms with Gasteiger partial charge in [0.05, 0.1) is 17.3 Å². The van der Waals surface area contributed by atoms with Gasteiger partial charge in [-0.25, -0.2) is 4.98 Å². The first-order chi connectivity index (χ1) is 15.0. The first-order valence-corrected chi connectivity index (χ1v) is 10.3. The number of benzene rings is 1. The van der Waals surface area contributed by atoms with Gasteiger partial charge in [-0.05, 0) is 67.3 Å². The summed E-state index contributed by atoms with van der Waals surface area (Å²) >= 11 is 0. The molecule has 3 N–H and O–H groups in total. The lowest BCUT2D eigenvalue weighted by molar-refractivity contribution is -0.121. The maximum Gasteiger partial charge on any atom is 0.220 e. The molecule has 1 atom stereocenters. The van der Waals surface area contributed by atoms with Crippen LogP contribution in [0.2, 0.25) is 0 Å². The number of rotatable bonds is 6. The minimum absolute atomic E-state index is 0.0336. The molecule has 1 aromatic carbocycles. The molecule has 1 amide bonds. The molecule has 0 bridgehead atoms. The first-order valence-electron chi connectivity index (χ1n) is 10.3. The number of aryl methyl sites for hydroxylation is 2. The number of aromatic nitrogens is 3. The van der Waals surface area contributed by atoms with Crippen LogP contribution in [0.1, 0.15) is 36.1 Å². The molecule has 156 valence electrons. The van der Waals surface area contributed by atoms with E-state index in [0.29, 0.717) is 18.7 Å². The van der Waals surface area contributed by atoms with E-state index in [9.17, 15) is 4.79 Å². The Morgan fingerprint density at radius 2 is 1.97 bits per heavy atom. The summed E-state index contributed by atoms with van der Waals surface area (Å²) in [5.74, 6) is 0.427. The zero-order chi connectivity index (χ0) is 21.8. The van der Waals surface area contributed by atoms with Gasteiger partial charge >= 0.3 is 0 Å². The summed E-state index contributed by atoms with van der Waals surface area (Å²) < 4.78 is 0. The fourth-order valence-electron chi connectivity index (χ4n) is 3.65. The molecule has 4 aromatic rings. The summed E-state index contributed by atoms with van der Waals surface area (Å²) in [5, 5.41) is 3.99. The molecule has 3 heterocycles. The second-order valence-electron chi connectivity index (χ2n) is 7.68. The van der Waals surface area contributed by atoms with E-state index < -0.39 is 0 Å². The predicted octanol–water partition coefficient (Wildman–Crippen LogP) is 4.39. The zero-order valence-corrected chi connectivity index (χ0v) is 17.7. The SMILES string of the molecule is Cc1cccnc1-c1ccc2nc(N)c(CCC(=O)NC(C)c3cccnc3)cc2c1. The highest BCUT2D eigenvalue weighted by molar-refractivity contribution is 5.86. The number of nitrogen functional groups attached to an aromatic ring is 1. The minimum atomic E-state index is -0.0996. The normalized spacial score (nSPS) is 11.9. The first kappa shape index (κ1) is 20.5. The van der Waals surface area contributed by atoms with E-state index in [-0.39, 0.29) is 11.9 Å². The number of nitrogens with zero attached hydrogens (tertiary/aromatic N) is 3. The van der Waals surface area contributed by atoms with Gasteiger partial charge in [0, 0.05) is 36.0 Å². The Hall–Kier alpha value is -3.80. The summed E-state index contributed by atoms with van der Waals surface area (Å²) in [6, 6.07) is 15.8. The molecule has 0 aliphatic heterocycles. The van der Waals surface area contributed by atoms with Crippen molar-refractivity contribution in [3.8, 4) is 11.3 Å². The maximum atomic E-state index is 12.5. The van der Waals surface area contributed by atoms with Crippen LogP contribution in [0.15, 0.2) is 67.1 Å². The molecule has 0 fully saturated rings. The summed E-state index contributed by atoms with van der Waals surface area (Å²) in [4.78, 5) is 25.6. The van der Waals surface area contributed by atoms with E-state index in [1.54, 1.807) is 18.6 Å². The van der Waals surface area contributed by atoms with Crippen LogP contribution in [-0.4, -0.2) is 20.9 Å². The second-order valence-corrected chi connectivity index (χ2v) is 7.68. The lowest BCUT2D eigenvalue weighted by atomic mass is 10.0. The van der Waals surface area contributed by atoms with Crippen molar-refractivity contribution in [2.75, 3.05) is 5.73 Å². The number of fused-ring (bicyclic) bond motifs is 1. The average molecular weight is 412 g/mol. The topological polar surface area (TPSA) is 93.8 Å². The molecule has 0 saturated carbocycles. The van der Waals surface area contributed by atoms with Gasteiger partial charge in [-0.2, -0.15) is 0 Å². The van der Waals surface area contributed by atoms with E-state index >= 15 is 0 Å². The van der Waals surface area contributed by atoms with Crippen LogP contribution in [0.5, 0.6) is 0 Å². The Labute approximate surface area is 181 Å². The molecule has 0 aliphatic carbocycles. The van der Waals surface area contributed by atoms with Crippen molar-refractivity contribution in [2.24, 2.45) is 0 Å². The van der Waals surface area contributed by atoms with Gasteiger partial charge in [-0.1, -0.05) is 18.2 Å². The van der Waals surface area contributed by atoms with Crippen molar-refractivity contribution in [1.29, 1.82) is 0 Å². The number of hydrogen-bond donors (Lipinski definition) is 2. The predicted molar refractivity (Wildman–Crippen MR) is 123 cm³/mol. The largest absolute Gasteiger partial charge is 0.383 e. The van der Waals surface area contributed by atoms with Gasteiger partial charge in [-0.15, -0.1) is 0 Å².